The molecule has 0 amide bonds. The summed E-state index contributed by atoms with van der Waals surface area (Å²) in [5.74, 6) is 0.567. The molecule has 1 atom stereocenters. The maximum absolute atomic E-state index is 14.1. The van der Waals surface area contributed by atoms with E-state index in [1.165, 1.54) is 10.6 Å². The predicted molar refractivity (Wildman–Crippen MR) is 162 cm³/mol. The summed E-state index contributed by atoms with van der Waals surface area (Å²) in [5.41, 5.74) is 1.17. The number of hydrogen-bond acceptors (Lipinski definition) is 9. The predicted octanol–water partition coefficient (Wildman–Crippen LogP) is 5.13. The van der Waals surface area contributed by atoms with Crippen LogP contribution in [0.25, 0.3) is 28.2 Å². The summed E-state index contributed by atoms with van der Waals surface area (Å²) in [6.07, 6.45) is 1.57. The molecule has 0 N–H and O–H groups in total. The highest BCUT2D eigenvalue weighted by Crippen LogP contribution is 2.40. The molecule has 0 bridgehead atoms. The van der Waals surface area contributed by atoms with E-state index in [2.05, 4.69) is 4.99 Å². The average Bonchev–Trinajstić information content (AvgIpc) is 3.59. The van der Waals surface area contributed by atoms with Crippen molar-refractivity contribution in [2.45, 2.75) is 19.9 Å². The number of methoxy groups -OCH3 is 1. The maximum atomic E-state index is 14.1. The van der Waals surface area contributed by atoms with Gasteiger partial charge in [0.15, 0.2) is 4.80 Å². The van der Waals surface area contributed by atoms with Crippen LogP contribution in [0.4, 0.5) is 5.69 Å². The number of para-hydroxylation sites is 1. The number of esters is 1. The number of allylic oxidation sites excluding steroid dienone is 1. The second-order valence-electron chi connectivity index (χ2n) is 9.68. The van der Waals surface area contributed by atoms with Crippen molar-refractivity contribution in [3.05, 3.63) is 125 Å². The number of aromatic nitrogens is 1. The number of fused-ring (bicyclic) bond motifs is 2. The molecular weight excluding hydrogens is 570 g/mol. The Morgan fingerprint density at radius 1 is 1.12 bits per heavy atom. The minimum absolute atomic E-state index is 0.0891. The van der Waals surface area contributed by atoms with Crippen molar-refractivity contribution in [2.75, 3.05) is 13.7 Å². The van der Waals surface area contributed by atoms with Crippen molar-refractivity contribution in [1.82, 2.24) is 4.57 Å². The number of nitrogens with zero attached hydrogens (tertiary/aromatic N) is 3. The summed E-state index contributed by atoms with van der Waals surface area (Å²) in [6.45, 7) is 3.59. The molecule has 0 aliphatic carbocycles. The normalized spacial score (nSPS) is 14.9. The van der Waals surface area contributed by atoms with Crippen LogP contribution >= 0.6 is 11.3 Å². The number of thiazole rings is 1. The van der Waals surface area contributed by atoms with Gasteiger partial charge >= 0.3 is 5.97 Å². The molecule has 10 nitrogen and oxygen atoms in total. The Morgan fingerprint density at radius 2 is 1.88 bits per heavy atom. The van der Waals surface area contributed by atoms with Crippen LogP contribution in [-0.4, -0.2) is 29.2 Å². The van der Waals surface area contributed by atoms with Gasteiger partial charge in [0.1, 0.15) is 23.3 Å². The molecule has 6 rings (SSSR count). The van der Waals surface area contributed by atoms with E-state index in [1.54, 1.807) is 57.4 Å². The van der Waals surface area contributed by atoms with Gasteiger partial charge in [-0.2, -0.15) is 0 Å². The quantitative estimate of drug-likeness (QED) is 0.145. The first kappa shape index (κ1) is 27.9. The summed E-state index contributed by atoms with van der Waals surface area (Å²) in [5, 5.41) is 13.3. The minimum Gasteiger partial charge on any atom is -0.496 e. The van der Waals surface area contributed by atoms with Crippen LogP contribution in [0.1, 0.15) is 31.2 Å². The number of nitro benzene ring substituents is 1. The summed E-state index contributed by atoms with van der Waals surface area (Å²) >= 11 is 1.15. The zero-order valence-corrected chi connectivity index (χ0v) is 24.2. The van der Waals surface area contributed by atoms with Crippen LogP contribution in [0.3, 0.4) is 0 Å². The highest BCUT2D eigenvalue weighted by molar-refractivity contribution is 7.07. The molecule has 0 saturated heterocycles. The third kappa shape index (κ3) is 4.83. The Morgan fingerprint density at radius 3 is 2.65 bits per heavy atom. The zero-order chi connectivity index (χ0) is 30.2. The molecule has 0 saturated carbocycles. The van der Waals surface area contributed by atoms with E-state index >= 15 is 0 Å². The molecular formula is C32H25N3O7S. The van der Waals surface area contributed by atoms with Crippen LogP contribution in [0.2, 0.25) is 0 Å². The second-order valence-corrected chi connectivity index (χ2v) is 10.7. The van der Waals surface area contributed by atoms with Gasteiger partial charge in [-0.25, -0.2) is 9.79 Å². The number of hydrogen-bond donors (Lipinski definition) is 0. The fourth-order valence-electron chi connectivity index (χ4n) is 5.35. The highest BCUT2D eigenvalue weighted by atomic mass is 32.1. The van der Waals surface area contributed by atoms with Crippen molar-refractivity contribution in [3.8, 4) is 17.1 Å². The van der Waals surface area contributed by atoms with Crippen LogP contribution < -0.4 is 19.6 Å². The molecule has 43 heavy (non-hydrogen) atoms. The smallest absolute Gasteiger partial charge is 0.338 e. The first-order valence-corrected chi connectivity index (χ1v) is 14.2. The summed E-state index contributed by atoms with van der Waals surface area (Å²) in [6, 6.07) is 20.1. The van der Waals surface area contributed by atoms with Crippen molar-refractivity contribution >= 4 is 39.8 Å². The van der Waals surface area contributed by atoms with E-state index in [0.29, 0.717) is 43.4 Å². The number of carbonyl (C=O) groups excluding carboxylic acids is 1. The maximum Gasteiger partial charge on any atom is 0.338 e. The molecule has 1 aliphatic heterocycles. The third-order valence-electron chi connectivity index (χ3n) is 7.21. The third-order valence-corrected chi connectivity index (χ3v) is 8.19. The second kappa shape index (κ2) is 11.2. The van der Waals surface area contributed by atoms with Crippen LogP contribution in [-0.2, 0) is 9.53 Å². The first-order chi connectivity index (χ1) is 20.8. The molecule has 0 spiro atoms. The van der Waals surface area contributed by atoms with Gasteiger partial charge in [0, 0.05) is 17.7 Å². The van der Waals surface area contributed by atoms with Crippen LogP contribution in [0.15, 0.2) is 98.3 Å². The number of nitro groups is 1. The minimum atomic E-state index is -0.877. The van der Waals surface area contributed by atoms with Crippen molar-refractivity contribution in [3.63, 3.8) is 0 Å². The van der Waals surface area contributed by atoms with Crippen LogP contribution in [0.5, 0.6) is 5.75 Å². The zero-order valence-electron chi connectivity index (χ0n) is 23.4. The van der Waals surface area contributed by atoms with Gasteiger partial charge in [-0.15, -0.1) is 0 Å². The average molecular weight is 596 g/mol. The van der Waals surface area contributed by atoms with Crippen molar-refractivity contribution in [2.24, 2.45) is 4.99 Å². The lowest BCUT2D eigenvalue weighted by Gasteiger charge is -2.27. The Hall–Kier alpha value is -5.29. The van der Waals surface area contributed by atoms with Crippen molar-refractivity contribution < 1.29 is 23.6 Å². The van der Waals surface area contributed by atoms with Gasteiger partial charge in [0.25, 0.3) is 11.2 Å². The molecule has 3 aromatic carbocycles. The lowest BCUT2D eigenvalue weighted by atomic mass is 9.90. The molecule has 2 aromatic heterocycles. The fourth-order valence-corrected chi connectivity index (χ4v) is 6.37. The summed E-state index contributed by atoms with van der Waals surface area (Å²) in [7, 11) is 1.55. The topological polar surface area (TPSA) is 126 Å². The lowest BCUT2D eigenvalue weighted by molar-refractivity contribution is -0.384. The number of benzene rings is 3. The molecule has 3 heterocycles. The molecule has 11 heteroatoms. The largest absolute Gasteiger partial charge is 0.496 e. The van der Waals surface area contributed by atoms with E-state index in [4.69, 9.17) is 13.9 Å². The standard InChI is InChI=1S/C32H25N3O7S/c1-4-41-31(37)27-18(2)33-32-34(29(27)28-21-10-6-5-9-19(21)13-15-25(28)40-3)30(36)26(43-32)17-20-14-16-24(42-20)22-11-7-8-12-23(22)35(38)39/h5-17,29H,4H2,1-3H3/b26-17+/t29-/m1/s1. The molecule has 216 valence electrons. The first-order valence-electron chi connectivity index (χ1n) is 13.4. The van der Waals surface area contributed by atoms with Gasteiger partial charge < -0.3 is 13.9 Å². The number of furan rings is 1. The molecule has 0 fully saturated rings. The number of rotatable bonds is 7. The SMILES string of the molecule is CCOC(=O)C1=C(C)N=c2s/c(=C/c3ccc(-c4ccccc4[N+](=O)[O-])o3)c(=O)n2[C@H]1c1c(OC)ccc2ccccc12. The van der Waals surface area contributed by atoms with E-state index in [9.17, 15) is 19.7 Å². The Labute approximate surface area is 248 Å². The molecule has 0 unspecified atom stereocenters. The Bertz CT molecular complexity index is 2140. The lowest BCUT2D eigenvalue weighted by Crippen LogP contribution is -2.40. The van der Waals surface area contributed by atoms with Gasteiger partial charge in [0.2, 0.25) is 0 Å². The summed E-state index contributed by atoms with van der Waals surface area (Å²) < 4.78 is 18.9. The monoisotopic (exact) mass is 595 g/mol. The van der Waals surface area contributed by atoms with E-state index in [1.807, 2.05) is 36.4 Å². The molecule has 5 aromatic rings. The number of carbonyl (C=O) groups is 1. The highest BCUT2D eigenvalue weighted by Gasteiger charge is 2.36. The van der Waals surface area contributed by atoms with Gasteiger partial charge in [-0.05, 0) is 48.9 Å². The molecule has 1 aliphatic rings. The van der Waals surface area contributed by atoms with Crippen LogP contribution in [0, 0.1) is 10.1 Å². The van der Waals surface area contributed by atoms with Gasteiger partial charge in [-0.1, -0.05) is 53.8 Å². The Balaban J connectivity index is 1.56. The Kier molecular flexibility index (Phi) is 7.24. The summed E-state index contributed by atoms with van der Waals surface area (Å²) in [4.78, 5) is 43.6. The van der Waals surface area contributed by atoms with Gasteiger partial charge in [0.05, 0.1) is 40.0 Å². The van der Waals surface area contributed by atoms with Gasteiger partial charge in [-0.3, -0.25) is 19.5 Å². The van der Waals surface area contributed by atoms with E-state index in [0.717, 1.165) is 22.1 Å². The number of ether oxygens (including phenoxy) is 2. The fraction of sp³-hybridized carbons (Fsp3) is 0.156. The van der Waals surface area contributed by atoms with E-state index in [-0.39, 0.29) is 23.4 Å². The molecule has 0 radical (unpaired) electrons. The van der Waals surface area contributed by atoms with Crippen molar-refractivity contribution in [1.29, 1.82) is 0 Å². The van der Waals surface area contributed by atoms with E-state index < -0.39 is 16.9 Å².